The third-order valence-electron chi connectivity index (χ3n) is 4.48. The maximum atomic E-state index is 12.5. The van der Waals surface area contributed by atoms with Gasteiger partial charge < -0.3 is 10.0 Å². The number of rotatable bonds is 2. The number of carbonyl (C=O) groups excluding carboxylic acids is 1. The van der Waals surface area contributed by atoms with Crippen molar-refractivity contribution in [1.82, 2.24) is 4.90 Å². The van der Waals surface area contributed by atoms with Gasteiger partial charge in [0.1, 0.15) is 0 Å². The van der Waals surface area contributed by atoms with E-state index < -0.39 is 11.4 Å². The number of likely N-dealkylation sites (tertiary alicyclic amines) is 1. The Labute approximate surface area is 122 Å². The van der Waals surface area contributed by atoms with Crippen molar-refractivity contribution in [2.75, 3.05) is 13.1 Å². The van der Waals surface area contributed by atoms with Crippen molar-refractivity contribution in [3.8, 4) is 0 Å². The summed E-state index contributed by atoms with van der Waals surface area (Å²) in [4.78, 5) is 27.6. The van der Waals surface area contributed by atoms with E-state index in [2.05, 4.69) is 0 Å². The molecule has 1 aliphatic heterocycles. The zero-order valence-corrected chi connectivity index (χ0v) is 12.5. The highest BCUT2D eigenvalue weighted by molar-refractivity contribution is 7.14. The third-order valence-corrected chi connectivity index (χ3v) is 5.71. The molecule has 1 unspecified atom stereocenters. The molecule has 1 fully saturated rings. The molecule has 5 heteroatoms. The van der Waals surface area contributed by atoms with Crippen molar-refractivity contribution in [3.05, 3.63) is 21.4 Å². The molecule has 0 radical (unpaired) electrons. The number of carboxylic acids is 1. The molecule has 1 aromatic rings. The normalized spacial score (nSPS) is 25.6. The van der Waals surface area contributed by atoms with Crippen molar-refractivity contribution in [3.63, 3.8) is 0 Å². The van der Waals surface area contributed by atoms with Crippen molar-refractivity contribution in [2.45, 2.75) is 39.0 Å². The van der Waals surface area contributed by atoms with Gasteiger partial charge in [-0.05, 0) is 50.7 Å². The van der Waals surface area contributed by atoms with Crippen LogP contribution in [0, 0.1) is 5.41 Å². The van der Waals surface area contributed by atoms with Crippen molar-refractivity contribution < 1.29 is 14.7 Å². The topological polar surface area (TPSA) is 57.6 Å². The van der Waals surface area contributed by atoms with E-state index in [1.807, 2.05) is 6.07 Å². The first kappa shape index (κ1) is 13.6. The summed E-state index contributed by atoms with van der Waals surface area (Å²) in [5.74, 6) is -0.798. The van der Waals surface area contributed by atoms with Crippen LogP contribution in [0.15, 0.2) is 6.07 Å². The summed E-state index contributed by atoms with van der Waals surface area (Å²) in [6.07, 6.45) is 5.12. The second-order valence-corrected chi connectivity index (χ2v) is 7.25. The second-order valence-electron chi connectivity index (χ2n) is 6.11. The zero-order chi connectivity index (χ0) is 14.3. The number of aryl methyl sites for hydroxylation is 2. The van der Waals surface area contributed by atoms with E-state index in [0.29, 0.717) is 19.5 Å². The summed E-state index contributed by atoms with van der Waals surface area (Å²) >= 11 is 1.60. The number of carbonyl (C=O) groups is 2. The highest BCUT2D eigenvalue weighted by atomic mass is 32.1. The molecule has 1 amide bonds. The first-order chi connectivity index (χ1) is 9.49. The third kappa shape index (κ3) is 2.24. The number of hydrogen-bond acceptors (Lipinski definition) is 3. The Morgan fingerprint density at radius 3 is 2.75 bits per heavy atom. The predicted molar refractivity (Wildman–Crippen MR) is 77.2 cm³/mol. The predicted octanol–water partition coefficient (Wildman–Crippen LogP) is 2.56. The van der Waals surface area contributed by atoms with Crippen LogP contribution in [0.4, 0.5) is 0 Å². The Bertz CT molecular complexity index is 542. The molecule has 2 aliphatic rings. The van der Waals surface area contributed by atoms with Crippen LogP contribution in [0.1, 0.15) is 46.3 Å². The number of nitrogens with zero attached hydrogens (tertiary/aromatic N) is 1. The fourth-order valence-corrected chi connectivity index (χ4v) is 4.28. The largest absolute Gasteiger partial charge is 0.481 e. The Balaban J connectivity index is 1.77. The molecular weight excluding hydrogens is 274 g/mol. The molecule has 3 rings (SSSR count). The number of amides is 1. The molecule has 0 spiro atoms. The molecule has 0 bridgehead atoms. The molecule has 1 aromatic heterocycles. The van der Waals surface area contributed by atoms with Gasteiger partial charge >= 0.3 is 5.97 Å². The van der Waals surface area contributed by atoms with Crippen LogP contribution in [0.25, 0.3) is 0 Å². The van der Waals surface area contributed by atoms with Gasteiger partial charge in [-0.15, -0.1) is 11.3 Å². The van der Waals surface area contributed by atoms with Gasteiger partial charge in [-0.25, -0.2) is 0 Å². The quantitative estimate of drug-likeness (QED) is 0.911. The number of thiophene rings is 1. The average molecular weight is 293 g/mol. The Morgan fingerprint density at radius 2 is 2.10 bits per heavy atom. The minimum Gasteiger partial charge on any atom is -0.481 e. The van der Waals surface area contributed by atoms with E-state index in [4.69, 9.17) is 0 Å². The molecule has 0 aromatic carbocycles. The fourth-order valence-electron chi connectivity index (χ4n) is 3.06. The minimum absolute atomic E-state index is 0.00868. The van der Waals surface area contributed by atoms with Gasteiger partial charge in [-0.2, -0.15) is 0 Å². The lowest BCUT2D eigenvalue weighted by Gasteiger charge is -2.19. The first-order valence-electron chi connectivity index (χ1n) is 7.14. The highest BCUT2D eigenvalue weighted by Gasteiger charge is 2.42. The van der Waals surface area contributed by atoms with E-state index in [1.54, 1.807) is 23.2 Å². The molecule has 1 aliphatic carbocycles. The van der Waals surface area contributed by atoms with Crippen LogP contribution in [-0.2, 0) is 17.6 Å². The molecule has 2 heterocycles. The zero-order valence-electron chi connectivity index (χ0n) is 11.6. The Morgan fingerprint density at radius 1 is 1.35 bits per heavy atom. The molecule has 0 saturated carbocycles. The lowest BCUT2D eigenvalue weighted by Crippen LogP contribution is -2.34. The molecule has 1 atom stereocenters. The van der Waals surface area contributed by atoms with Gasteiger partial charge in [-0.3, -0.25) is 9.59 Å². The molecule has 4 nitrogen and oxygen atoms in total. The van der Waals surface area contributed by atoms with Crippen LogP contribution in [-0.4, -0.2) is 35.0 Å². The number of carboxylic acid groups (broad SMARTS) is 1. The smallest absolute Gasteiger partial charge is 0.311 e. The SMILES string of the molecule is CC1(C(=O)O)CCN(C(=O)c2cc3c(s2)CCCC3)C1. The van der Waals surface area contributed by atoms with Crippen LogP contribution in [0.3, 0.4) is 0 Å². The summed E-state index contributed by atoms with van der Waals surface area (Å²) in [7, 11) is 0. The molecule has 1 saturated heterocycles. The van der Waals surface area contributed by atoms with Crippen molar-refractivity contribution in [1.29, 1.82) is 0 Å². The summed E-state index contributed by atoms with van der Waals surface area (Å²) in [5, 5.41) is 9.24. The fraction of sp³-hybridized carbons (Fsp3) is 0.600. The number of fused-ring (bicyclic) bond motifs is 1. The van der Waals surface area contributed by atoms with E-state index in [9.17, 15) is 14.7 Å². The Kier molecular flexibility index (Phi) is 3.32. The van der Waals surface area contributed by atoms with E-state index >= 15 is 0 Å². The van der Waals surface area contributed by atoms with Gasteiger partial charge in [0.25, 0.3) is 5.91 Å². The van der Waals surface area contributed by atoms with Crippen molar-refractivity contribution >= 4 is 23.2 Å². The van der Waals surface area contributed by atoms with Crippen LogP contribution in [0.2, 0.25) is 0 Å². The number of hydrogen-bond donors (Lipinski definition) is 1. The number of aliphatic carboxylic acids is 1. The molecule has 108 valence electrons. The standard InChI is InChI=1S/C15H19NO3S/c1-15(14(18)19)6-7-16(9-15)13(17)12-8-10-4-2-3-5-11(10)20-12/h8H,2-7,9H2,1H3,(H,18,19). The lowest BCUT2D eigenvalue weighted by molar-refractivity contribution is -0.147. The van der Waals surface area contributed by atoms with Crippen LogP contribution in [0.5, 0.6) is 0 Å². The second kappa shape index (κ2) is 4.88. The lowest BCUT2D eigenvalue weighted by atomic mass is 9.90. The first-order valence-corrected chi connectivity index (χ1v) is 7.95. The summed E-state index contributed by atoms with van der Waals surface area (Å²) in [6.45, 7) is 2.59. The molecule has 1 N–H and O–H groups in total. The van der Waals surface area contributed by atoms with E-state index in [0.717, 1.165) is 17.7 Å². The van der Waals surface area contributed by atoms with Gasteiger partial charge in [0, 0.05) is 18.0 Å². The molecule has 20 heavy (non-hydrogen) atoms. The van der Waals surface area contributed by atoms with E-state index in [-0.39, 0.29) is 5.91 Å². The monoisotopic (exact) mass is 293 g/mol. The van der Waals surface area contributed by atoms with Gasteiger partial charge in [0.15, 0.2) is 0 Å². The summed E-state index contributed by atoms with van der Waals surface area (Å²) < 4.78 is 0. The van der Waals surface area contributed by atoms with E-state index in [1.165, 1.54) is 23.3 Å². The van der Waals surface area contributed by atoms with Crippen LogP contribution < -0.4 is 0 Å². The summed E-state index contributed by atoms with van der Waals surface area (Å²) in [5.41, 5.74) is 0.539. The maximum Gasteiger partial charge on any atom is 0.311 e. The maximum absolute atomic E-state index is 12.5. The van der Waals surface area contributed by atoms with Crippen LogP contribution >= 0.6 is 11.3 Å². The average Bonchev–Trinajstić information content (AvgIpc) is 3.02. The van der Waals surface area contributed by atoms with Gasteiger partial charge in [0.05, 0.1) is 10.3 Å². The van der Waals surface area contributed by atoms with Gasteiger partial charge in [0.2, 0.25) is 0 Å². The van der Waals surface area contributed by atoms with Gasteiger partial charge in [-0.1, -0.05) is 0 Å². The Hall–Kier alpha value is -1.36. The highest BCUT2D eigenvalue weighted by Crippen LogP contribution is 2.34. The molecular formula is C15H19NO3S. The van der Waals surface area contributed by atoms with Crippen molar-refractivity contribution in [2.24, 2.45) is 5.41 Å². The summed E-state index contributed by atoms with van der Waals surface area (Å²) in [6, 6.07) is 2.03. The minimum atomic E-state index is -0.807.